The van der Waals surface area contributed by atoms with Crippen molar-refractivity contribution in [2.45, 2.75) is 31.9 Å². The Hall–Kier alpha value is -1.26. The third-order valence-electron chi connectivity index (χ3n) is 4.12. The number of para-hydroxylation sites is 2. The highest BCUT2D eigenvalue weighted by Crippen LogP contribution is 2.31. The van der Waals surface area contributed by atoms with E-state index in [0.717, 1.165) is 31.1 Å². The predicted molar refractivity (Wildman–Crippen MR) is 79.5 cm³/mol. The molecule has 0 amide bonds. The highest BCUT2D eigenvalue weighted by atomic mass is 16.6. The summed E-state index contributed by atoms with van der Waals surface area (Å²) in [5.74, 6) is 1.74. The van der Waals surface area contributed by atoms with Crippen LogP contribution < -0.4 is 14.8 Å². The highest BCUT2D eigenvalue weighted by molar-refractivity contribution is 5.40. The summed E-state index contributed by atoms with van der Waals surface area (Å²) in [5, 5.41) is 3.56. The molecule has 2 heterocycles. The average Bonchev–Trinajstić information content (AvgIpc) is 2.99. The van der Waals surface area contributed by atoms with E-state index in [9.17, 15) is 0 Å². The second-order valence-corrected chi connectivity index (χ2v) is 5.64. The maximum atomic E-state index is 6.04. The van der Waals surface area contributed by atoms with Gasteiger partial charge in [0.25, 0.3) is 0 Å². The second-order valence-electron chi connectivity index (χ2n) is 5.64. The Morgan fingerprint density at radius 1 is 1.25 bits per heavy atom. The van der Waals surface area contributed by atoms with Crippen molar-refractivity contribution in [3.05, 3.63) is 24.3 Å². The summed E-state index contributed by atoms with van der Waals surface area (Å²) in [6.07, 6.45) is 2.73. The normalized spacial score (nSPS) is 25.1. The first-order valence-corrected chi connectivity index (χ1v) is 7.69. The van der Waals surface area contributed by atoms with Crippen LogP contribution in [0.15, 0.2) is 24.3 Å². The Morgan fingerprint density at radius 2 is 2.10 bits per heavy atom. The molecule has 4 heteroatoms. The van der Waals surface area contributed by atoms with Crippen molar-refractivity contribution < 1.29 is 9.47 Å². The van der Waals surface area contributed by atoms with Gasteiger partial charge in [0, 0.05) is 19.1 Å². The molecule has 110 valence electrons. The number of hydrogen-bond donors (Lipinski definition) is 1. The van der Waals surface area contributed by atoms with Crippen LogP contribution in [0.1, 0.15) is 19.8 Å². The van der Waals surface area contributed by atoms with Gasteiger partial charge in [-0.1, -0.05) is 19.1 Å². The summed E-state index contributed by atoms with van der Waals surface area (Å²) in [7, 11) is 0. The lowest BCUT2D eigenvalue weighted by Gasteiger charge is -2.32. The van der Waals surface area contributed by atoms with Gasteiger partial charge >= 0.3 is 0 Å². The maximum Gasteiger partial charge on any atom is 0.161 e. The number of fused-ring (bicyclic) bond motifs is 1. The summed E-state index contributed by atoms with van der Waals surface area (Å²) in [4.78, 5) is 2.46. The van der Waals surface area contributed by atoms with Crippen LogP contribution in [0.3, 0.4) is 0 Å². The molecule has 2 atom stereocenters. The van der Waals surface area contributed by atoms with E-state index in [4.69, 9.17) is 9.47 Å². The van der Waals surface area contributed by atoms with E-state index < -0.39 is 0 Å². The van der Waals surface area contributed by atoms with Crippen LogP contribution in [0, 0.1) is 0 Å². The molecule has 4 nitrogen and oxygen atoms in total. The topological polar surface area (TPSA) is 33.7 Å². The van der Waals surface area contributed by atoms with Crippen molar-refractivity contribution in [2.24, 2.45) is 0 Å². The minimum atomic E-state index is 0.131. The van der Waals surface area contributed by atoms with E-state index in [1.807, 2.05) is 24.3 Å². The standard InChI is InChI=1S/C16H24N2O2/c1-2-18(10-13-6-5-9-17-13)11-14-12-19-15-7-3-4-8-16(15)20-14/h3-4,7-8,13-14,17H,2,5-6,9-12H2,1H3. The van der Waals surface area contributed by atoms with Crippen molar-refractivity contribution >= 4 is 0 Å². The molecule has 1 N–H and O–H groups in total. The minimum absolute atomic E-state index is 0.131. The molecule has 0 aromatic heterocycles. The van der Waals surface area contributed by atoms with Crippen LogP contribution in [-0.2, 0) is 0 Å². The Balaban J connectivity index is 1.54. The molecule has 1 aromatic carbocycles. The lowest BCUT2D eigenvalue weighted by atomic mass is 10.2. The Kier molecular flexibility index (Phi) is 4.43. The third-order valence-corrected chi connectivity index (χ3v) is 4.12. The lowest BCUT2D eigenvalue weighted by molar-refractivity contribution is 0.0579. The summed E-state index contributed by atoms with van der Waals surface area (Å²) in [5.41, 5.74) is 0. The van der Waals surface area contributed by atoms with Gasteiger partial charge in [0.05, 0.1) is 0 Å². The van der Waals surface area contributed by atoms with Gasteiger partial charge in [-0.15, -0.1) is 0 Å². The molecule has 0 bridgehead atoms. The Bertz CT molecular complexity index is 432. The molecule has 0 radical (unpaired) electrons. The van der Waals surface area contributed by atoms with E-state index in [2.05, 4.69) is 17.1 Å². The van der Waals surface area contributed by atoms with Gasteiger partial charge in [-0.3, -0.25) is 4.90 Å². The van der Waals surface area contributed by atoms with Crippen LogP contribution in [-0.4, -0.2) is 49.8 Å². The van der Waals surface area contributed by atoms with Gasteiger partial charge in [0.2, 0.25) is 0 Å². The van der Waals surface area contributed by atoms with Crippen LogP contribution in [0.25, 0.3) is 0 Å². The van der Waals surface area contributed by atoms with Crippen LogP contribution in [0.2, 0.25) is 0 Å². The first kappa shape index (κ1) is 13.7. The van der Waals surface area contributed by atoms with Crippen molar-refractivity contribution in [2.75, 3.05) is 32.8 Å². The fraction of sp³-hybridized carbons (Fsp3) is 0.625. The third kappa shape index (κ3) is 3.25. The number of likely N-dealkylation sites (N-methyl/N-ethyl adjacent to an activating group) is 1. The number of hydrogen-bond acceptors (Lipinski definition) is 4. The largest absolute Gasteiger partial charge is 0.486 e. The Labute approximate surface area is 121 Å². The van der Waals surface area contributed by atoms with Gasteiger partial charge in [-0.2, -0.15) is 0 Å². The van der Waals surface area contributed by atoms with E-state index in [1.165, 1.54) is 19.4 Å². The highest BCUT2D eigenvalue weighted by Gasteiger charge is 2.24. The molecule has 0 saturated carbocycles. The molecule has 2 aliphatic heterocycles. The van der Waals surface area contributed by atoms with Crippen LogP contribution >= 0.6 is 0 Å². The average molecular weight is 276 g/mol. The van der Waals surface area contributed by atoms with Crippen molar-refractivity contribution in [1.82, 2.24) is 10.2 Å². The Morgan fingerprint density at radius 3 is 2.85 bits per heavy atom. The second kappa shape index (κ2) is 6.46. The number of benzene rings is 1. The quantitative estimate of drug-likeness (QED) is 0.890. The molecular formula is C16H24N2O2. The summed E-state index contributed by atoms with van der Waals surface area (Å²) in [6, 6.07) is 8.56. The molecular weight excluding hydrogens is 252 g/mol. The molecule has 0 spiro atoms. The summed E-state index contributed by atoms with van der Waals surface area (Å²) < 4.78 is 11.8. The molecule has 1 saturated heterocycles. The zero-order chi connectivity index (χ0) is 13.8. The maximum absolute atomic E-state index is 6.04. The van der Waals surface area contributed by atoms with Gasteiger partial charge in [-0.05, 0) is 38.1 Å². The van der Waals surface area contributed by atoms with E-state index >= 15 is 0 Å². The van der Waals surface area contributed by atoms with Gasteiger partial charge in [0.15, 0.2) is 11.5 Å². The monoisotopic (exact) mass is 276 g/mol. The number of nitrogens with one attached hydrogen (secondary N) is 1. The van der Waals surface area contributed by atoms with E-state index in [1.54, 1.807) is 0 Å². The summed E-state index contributed by atoms with van der Waals surface area (Å²) >= 11 is 0. The van der Waals surface area contributed by atoms with Gasteiger partial charge in [-0.25, -0.2) is 0 Å². The fourth-order valence-corrected chi connectivity index (χ4v) is 3.00. The molecule has 20 heavy (non-hydrogen) atoms. The van der Waals surface area contributed by atoms with Crippen LogP contribution in [0.4, 0.5) is 0 Å². The predicted octanol–water partition coefficient (Wildman–Crippen LogP) is 1.90. The van der Waals surface area contributed by atoms with Gasteiger partial charge in [0.1, 0.15) is 12.7 Å². The number of rotatable bonds is 5. The first-order chi connectivity index (χ1) is 9.85. The fourth-order valence-electron chi connectivity index (χ4n) is 3.00. The smallest absolute Gasteiger partial charge is 0.161 e. The van der Waals surface area contributed by atoms with Crippen molar-refractivity contribution in [3.63, 3.8) is 0 Å². The minimum Gasteiger partial charge on any atom is -0.486 e. The molecule has 1 fully saturated rings. The molecule has 0 aliphatic carbocycles. The number of ether oxygens (including phenoxy) is 2. The first-order valence-electron chi connectivity index (χ1n) is 7.69. The number of nitrogens with zero attached hydrogens (tertiary/aromatic N) is 1. The molecule has 1 aromatic rings. The lowest BCUT2D eigenvalue weighted by Crippen LogP contribution is -2.45. The summed E-state index contributed by atoms with van der Waals surface area (Å²) in [6.45, 7) is 7.12. The van der Waals surface area contributed by atoms with Crippen molar-refractivity contribution in [1.29, 1.82) is 0 Å². The van der Waals surface area contributed by atoms with E-state index in [0.29, 0.717) is 12.6 Å². The van der Waals surface area contributed by atoms with Crippen LogP contribution in [0.5, 0.6) is 11.5 Å². The molecule has 2 aliphatic rings. The SMILES string of the molecule is CCN(CC1CCCN1)CC1COc2ccccc2O1. The van der Waals surface area contributed by atoms with Crippen molar-refractivity contribution in [3.8, 4) is 11.5 Å². The van der Waals surface area contributed by atoms with E-state index in [-0.39, 0.29) is 6.10 Å². The molecule has 2 unspecified atom stereocenters. The zero-order valence-electron chi connectivity index (χ0n) is 12.2. The molecule has 3 rings (SSSR count). The van der Waals surface area contributed by atoms with Gasteiger partial charge < -0.3 is 14.8 Å². The zero-order valence-corrected chi connectivity index (χ0v) is 12.2.